The summed E-state index contributed by atoms with van der Waals surface area (Å²) in [5.74, 6) is -1.40. The smallest absolute Gasteiger partial charge is 0.250 e. The van der Waals surface area contributed by atoms with Crippen molar-refractivity contribution in [2.45, 2.75) is 13.0 Å². The van der Waals surface area contributed by atoms with Gasteiger partial charge < -0.3 is 16.2 Å². The fraction of sp³-hybridized carbons (Fsp3) is 0.133. The number of benzene rings is 2. The van der Waals surface area contributed by atoms with E-state index in [9.17, 15) is 9.18 Å². The van der Waals surface area contributed by atoms with Crippen LogP contribution < -0.4 is 16.2 Å². The third kappa shape index (κ3) is 2.88. The molecule has 0 aliphatic carbocycles. The third-order valence-electron chi connectivity index (χ3n) is 2.94. The lowest BCUT2D eigenvalue weighted by atomic mass is 10.1. The van der Waals surface area contributed by atoms with E-state index in [-0.39, 0.29) is 23.1 Å². The van der Waals surface area contributed by atoms with Gasteiger partial charge >= 0.3 is 0 Å². The first-order valence-corrected chi connectivity index (χ1v) is 6.09. The summed E-state index contributed by atoms with van der Waals surface area (Å²) in [5.41, 5.74) is 11.6. The van der Waals surface area contributed by atoms with Crippen LogP contribution in [0, 0.1) is 5.82 Å². The molecule has 104 valence electrons. The normalized spacial score (nSPS) is 11.9. The molecule has 4 N–H and O–H groups in total. The van der Waals surface area contributed by atoms with Crippen molar-refractivity contribution in [1.29, 1.82) is 0 Å². The Morgan fingerprint density at radius 1 is 1.25 bits per heavy atom. The highest BCUT2D eigenvalue weighted by molar-refractivity contribution is 5.98. The van der Waals surface area contributed by atoms with Gasteiger partial charge in [0.25, 0.3) is 5.91 Å². The molecule has 0 aliphatic heterocycles. The van der Waals surface area contributed by atoms with E-state index in [1.54, 1.807) is 6.92 Å². The molecule has 0 heterocycles. The topological polar surface area (TPSA) is 78.3 Å². The summed E-state index contributed by atoms with van der Waals surface area (Å²) in [6.07, 6.45) is -0.366. The molecule has 1 atom stereocenters. The Bertz CT molecular complexity index is 629. The Balaban J connectivity index is 2.29. The first-order valence-electron chi connectivity index (χ1n) is 6.09. The number of rotatable bonds is 4. The lowest BCUT2D eigenvalue weighted by Gasteiger charge is -2.16. The van der Waals surface area contributed by atoms with Crippen LogP contribution in [0.15, 0.2) is 42.5 Å². The molecule has 0 aromatic heterocycles. The number of nitrogen functional groups attached to an aromatic ring is 1. The fourth-order valence-electron chi connectivity index (χ4n) is 1.86. The van der Waals surface area contributed by atoms with E-state index in [0.29, 0.717) is 0 Å². The van der Waals surface area contributed by atoms with Gasteiger partial charge in [0.1, 0.15) is 6.10 Å². The number of halogens is 1. The second kappa shape index (κ2) is 5.61. The van der Waals surface area contributed by atoms with Gasteiger partial charge in [-0.05, 0) is 18.6 Å². The number of carbonyl (C=O) groups is 1. The van der Waals surface area contributed by atoms with Crippen molar-refractivity contribution in [2.24, 2.45) is 5.73 Å². The summed E-state index contributed by atoms with van der Waals surface area (Å²) in [6.45, 7) is 1.79. The maximum atomic E-state index is 13.8. The zero-order valence-electron chi connectivity index (χ0n) is 11.0. The molecule has 0 fully saturated rings. The number of nitrogens with two attached hydrogens (primary N) is 2. The Morgan fingerprint density at radius 3 is 2.50 bits per heavy atom. The van der Waals surface area contributed by atoms with Crippen LogP contribution in [0.1, 0.15) is 28.9 Å². The van der Waals surface area contributed by atoms with Gasteiger partial charge in [0.05, 0.1) is 5.56 Å². The maximum Gasteiger partial charge on any atom is 0.250 e. The van der Waals surface area contributed by atoms with E-state index in [2.05, 4.69) is 0 Å². The third-order valence-corrected chi connectivity index (χ3v) is 2.94. The van der Waals surface area contributed by atoms with Crippen molar-refractivity contribution in [2.75, 3.05) is 5.73 Å². The summed E-state index contributed by atoms with van der Waals surface area (Å²) in [5, 5.41) is 0. The SMILES string of the molecule is CC(Oc1cc(C(N)=O)c(N)cc1F)c1ccccc1. The van der Waals surface area contributed by atoms with Gasteiger partial charge in [0.15, 0.2) is 11.6 Å². The van der Waals surface area contributed by atoms with E-state index in [0.717, 1.165) is 11.6 Å². The van der Waals surface area contributed by atoms with Gasteiger partial charge in [-0.2, -0.15) is 0 Å². The maximum absolute atomic E-state index is 13.8. The minimum atomic E-state index is -0.722. The highest BCUT2D eigenvalue weighted by Crippen LogP contribution is 2.28. The van der Waals surface area contributed by atoms with Crippen LogP contribution in [0.25, 0.3) is 0 Å². The largest absolute Gasteiger partial charge is 0.483 e. The first kappa shape index (κ1) is 13.9. The molecule has 2 rings (SSSR count). The van der Waals surface area contributed by atoms with Crippen LogP contribution in [0.4, 0.5) is 10.1 Å². The van der Waals surface area contributed by atoms with Crippen LogP contribution in [0.5, 0.6) is 5.75 Å². The lowest BCUT2D eigenvalue weighted by Crippen LogP contribution is -2.14. The molecule has 2 aromatic rings. The van der Waals surface area contributed by atoms with Gasteiger partial charge in [-0.3, -0.25) is 4.79 Å². The van der Waals surface area contributed by atoms with Gasteiger partial charge in [-0.1, -0.05) is 30.3 Å². The van der Waals surface area contributed by atoms with E-state index in [1.807, 2.05) is 30.3 Å². The quantitative estimate of drug-likeness (QED) is 0.841. The van der Waals surface area contributed by atoms with E-state index in [4.69, 9.17) is 16.2 Å². The van der Waals surface area contributed by atoms with E-state index in [1.165, 1.54) is 6.07 Å². The summed E-state index contributed by atoms with van der Waals surface area (Å²) < 4.78 is 19.4. The minimum Gasteiger partial charge on any atom is -0.483 e. The summed E-state index contributed by atoms with van der Waals surface area (Å²) in [4.78, 5) is 11.2. The highest BCUT2D eigenvalue weighted by Gasteiger charge is 2.15. The molecule has 1 amide bonds. The van der Waals surface area contributed by atoms with Gasteiger partial charge in [-0.25, -0.2) is 4.39 Å². The van der Waals surface area contributed by atoms with Gasteiger partial charge in [0.2, 0.25) is 0 Å². The standard InChI is InChI=1S/C15H15FN2O2/c1-9(10-5-3-2-4-6-10)20-14-7-11(15(18)19)13(17)8-12(14)16/h2-9H,17H2,1H3,(H2,18,19). The molecule has 0 radical (unpaired) electrons. The second-order valence-electron chi connectivity index (χ2n) is 4.40. The summed E-state index contributed by atoms with van der Waals surface area (Å²) in [7, 11) is 0. The molecule has 0 saturated heterocycles. The zero-order chi connectivity index (χ0) is 14.7. The summed E-state index contributed by atoms with van der Waals surface area (Å²) >= 11 is 0. The number of hydrogen-bond acceptors (Lipinski definition) is 3. The Kier molecular flexibility index (Phi) is 3.89. The van der Waals surface area contributed by atoms with Crippen molar-refractivity contribution in [1.82, 2.24) is 0 Å². The lowest BCUT2D eigenvalue weighted by molar-refractivity contribution is 0.1000. The number of amides is 1. The number of primary amides is 1. The van der Waals surface area contributed by atoms with Crippen LogP contribution in [0.2, 0.25) is 0 Å². The predicted molar refractivity (Wildman–Crippen MR) is 74.8 cm³/mol. The molecule has 1 unspecified atom stereocenters. The van der Waals surface area contributed by atoms with Gasteiger partial charge in [-0.15, -0.1) is 0 Å². The molecular formula is C15H15FN2O2. The van der Waals surface area contributed by atoms with Crippen molar-refractivity contribution >= 4 is 11.6 Å². The molecule has 0 spiro atoms. The number of anilines is 1. The zero-order valence-corrected chi connectivity index (χ0v) is 11.0. The minimum absolute atomic E-state index is 0.00489. The van der Waals surface area contributed by atoms with Gasteiger partial charge in [0, 0.05) is 11.8 Å². The van der Waals surface area contributed by atoms with E-state index < -0.39 is 11.7 Å². The number of carbonyl (C=O) groups excluding carboxylic acids is 1. The number of hydrogen-bond donors (Lipinski definition) is 2. The monoisotopic (exact) mass is 274 g/mol. The average molecular weight is 274 g/mol. The fourth-order valence-corrected chi connectivity index (χ4v) is 1.86. The molecule has 0 aliphatic rings. The van der Waals surface area contributed by atoms with Crippen LogP contribution in [-0.2, 0) is 0 Å². The first-order chi connectivity index (χ1) is 9.49. The van der Waals surface area contributed by atoms with Crippen molar-refractivity contribution in [3.05, 3.63) is 59.4 Å². The molecule has 2 aromatic carbocycles. The Labute approximate surface area is 116 Å². The molecule has 5 heteroatoms. The Hall–Kier alpha value is -2.56. The van der Waals surface area contributed by atoms with Crippen LogP contribution in [0.3, 0.4) is 0 Å². The second-order valence-corrected chi connectivity index (χ2v) is 4.40. The molecule has 4 nitrogen and oxygen atoms in total. The molecule has 20 heavy (non-hydrogen) atoms. The molecular weight excluding hydrogens is 259 g/mol. The molecule has 0 bridgehead atoms. The van der Waals surface area contributed by atoms with Crippen LogP contribution >= 0.6 is 0 Å². The average Bonchev–Trinajstić information content (AvgIpc) is 2.42. The van der Waals surface area contributed by atoms with Crippen molar-refractivity contribution in [3.8, 4) is 5.75 Å². The Morgan fingerprint density at radius 2 is 1.90 bits per heavy atom. The van der Waals surface area contributed by atoms with Crippen molar-refractivity contribution < 1.29 is 13.9 Å². The number of ether oxygens (including phenoxy) is 1. The highest BCUT2D eigenvalue weighted by atomic mass is 19.1. The molecule has 0 saturated carbocycles. The van der Waals surface area contributed by atoms with Crippen LogP contribution in [-0.4, -0.2) is 5.91 Å². The summed E-state index contributed by atoms with van der Waals surface area (Å²) in [6, 6.07) is 11.6. The van der Waals surface area contributed by atoms with Crippen molar-refractivity contribution in [3.63, 3.8) is 0 Å². The van der Waals surface area contributed by atoms with E-state index >= 15 is 0 Å². The predicted octanol–water partition coefficient (Wildman–Crippen LogP) is 2.65.